The number of aromatic nitrogens is 1. The van der Waals surface area contributed by atoms with Crippen molar-refractivity contribution >= 4 is 16.9 Å². The Kier molecular flexibility index (Phi) is 7.14. The molecule has 39 heavy (non-hydrogen) atoms. The Morgan fingerprint density at radius 1 is 1.10 bits per heavy atom. The number of hydrogen-bond donors (Lipinski definition) is 6. The standard InChI is InChI=1S/C27H34N2O10/c1-36-25(35)15-11-37-26(39-27-24(34)23(33)22(32)19(10-31)38-27)20-14(15)8-17-21-13(6-7-29(17)18(20)9-30)12-4-2-3-5-16(12)28-21/h2-5,11,14,17-20,22-24,26-28,30-34H,6-10H2,1H3/t14-,17-,18+,19-,20+,22-,23+,24-,26+,27+/m1/s1. The molecule has 2 aromatic rings. The number of hydrogen-bond acceptors (Lipinski definition) is 11. The molecule has 212 valence electrons. The first kappa shape index (κ1) is 26.7. The molecule has 4 aliphatic rings. The van der Waals surface area contributed by atoms with Gasteiger partial charge in [-0.15, -0.1) is 0 Å². The highest BCUT2D eigenvalue weighted by Gasteiger charge is 2.55. The van der Waals surface area contributed by atoms with Crippen LogP contribution in [0.5, 0.6) is 0 Å². The Bertz CT molecular complexity index is 1250. The highest BCUT2D eigenvalue weighted by Crippen LogP contribution is 2.51. The van der Waals surface area contributed by atoms with E-state index in [9.17, 15) is 30.3 Å². The number of rotatable bonds is 5. The lowest BCUT2D eigenvalue weighted by atomic mass is 9.70. The summed E-state index contributed by atoms with van der Waals surface area (Å²) in [4.78, 5) is 18.6. The monoisotopic (exact) mass is 546 g/mol. The Labute approximate surface area is 224 Å². The van der Waals surface area contributed by atoms with E-state index in [1.165, 1.54) is 18.9 Å². The molecule has 2 fully saturated rings. The minimum Gasteiger partial charge on any atom is -0.471 e. The van der Waals surface area contributed by atoms with Gasteiger partial charge in [-0.3, -0.25) is 4.90 Å². The van der Waals surface area contributed by atoms with Crippen LogP contribution in [0.1, 0.15) is 23.7 Å². The van der Waals surface area contributed by atoms with Crippen LogP contribution < -0.4 is 0 Å². The number of nitrogens with zero attached hydrogens (tertiary/aromatic N) is 1. The lowest BCUT2D eigenvalue weighted by Crippen LogP contribution is -2.63. The van der Waals surface area contributed by atoms with Crippen molar-refractivity contribution < 1.29 is 49.3 Å². The number of methoxy groups -OCH3 is 1. The molecule has 0 saturated carbocycles. The number of ether oxygens (including phenoxy) is 4. The van der Waals surface area contributed by atoms with Gasteiger partial charge in [0.25, 0.3) is 0 Å². The van der Waals surface area contributed by atoms with Crippen molar-refractivity contribution in [3.8, 4) is 0 Å². The van der Waals surface area contributed by atoms with E-state index in [2.05, 4.69) is 16.0 Å². The van der Waals surface area contributed by atoms with Crippen molar-refractivity contribution in [3.63, 3.8) is 0 Å². The number of piperidine rings is 1. The van der Waals surface area contributed by atoms with Gasteiger partial charge in [-0.05, 0) is 24.5 Å². The lowest BCUT2D eigenvalue weighted by molar-refractivity contribution is -0.346. The number of aliphatic hydroxyl groups is 5. The van der Waals surface area contributed by atoms with E-state index in [1.807, 2.05) is 18.2 Å². The van der Waals surface area contributed by atoms with E-state index >= 15 is 0 Å². The maximum absolute atomic E-state index is 12.8. The minimum absolute atomic E-state index is 0.112. The quantitative estimate of drug-likeness (QED) is 0.262. The van der Waals surface area contributed by atoms with Crippen LogP contribution in [0, 0.1) is 11.8 Å². The molecule has 5 heterocycles. The predicted molar refractivity (Wildman–Crippen MR) is 134 cm³/mol. The molecular weight excluding hydrogens is 512 g/mol. The summed E-state index contributed by atoms with van der Waals surface area (Å²) < 4.78 is 22.5. The average Bonchev–Trinajstić information content (AvgIpc) is 3.35. The molecule has 0 aliphatic carbocycles. The highest BCUT2D eigenvalue weighted by molar-refractivity contribution is 5.89. The van der Waals surface area contributed by atoms with E-state index in [-0.39, 0.29) is 12.6 Å². The molecule has 2 saturated heterocycles. The molecule has 0 amide bonds. The fourth-order valence-electron chi connectivity index (χ4n) is 6.88. The Morgan fingerprint density at radius 2 is 1.90 bits per heavy atom. The third kappa shape index (κ3) is 4.26. The number of para-hydroxylation sites is 1. The Morgan fingerprint density at radius 3 is 2.64 bits per heavy atom. The number of nitrogens with one attached hydrogen (secondary N) is 1. The van der Waals surface area contributed by atoms with Gasteiger partial charge < -0.3 is 49.5 Å². The van der Waals surface area contributed by atoms with Gasteiger partial charge in [0.2, 0.25) is 6.29 Å². The first-order valence-electron chi connectivity index (χ1n) is 13.2. The summed E-state index contributed by atoms with van der Waals surface area (Å²) in [6, 6.07) is 7.51. The number of esters is 1. The molecule has 10 atom stereocenters. The van der Waals surface area contributed by atoms with Crippen molar-refractivity contribution in [2.24, 2.45) is 11.8 Å². The molecule has 4 aliphatic heterocycles. The third-order valence-electron chi connectivity index (χ3n) is 8.78. The molecule has 1 aromatic carbocycles. The average molecular weight is 547 g/mol. The summed E-state index contributed by atoms with van der Waals surface area (Å²) in [5.41, 5.74) is 3.64. The topological polar surface area (TPSA) is 174 Å². The zero-order chi connectivity index (χ0) is 27.4. The molecule has 0 radical (unpaired) electrons. The molecule has 0 unspecified atom stereocenters. The van der Waals surface area contributed by atoms with Gasteiger partial charge in [-0.1, -0.05) is 18.2 Å². The van der Waals surface area contributed by atoms with Gasteiger partial charge in [-0.2, -0.15) is 0 Å². The summed E-state index contributed by atoms with van der Waals surface area (Å²) in [6.07, 6.45) is -5.86. The Balaban J connectivity index is 1.35. The van der Waals surface area contributed by atoms with Crippen molar-refractivity contribution in [1.82, 2.24) is 9.88 Å². The SMILES string of the molecule is COC(=O)C1=CO[C@@H](O[C@@H]2O[C@H](CO)[C@@H](O)[C@H](O)[C@H]2O)[C@H]2[C@@H]1C[C@@H]1c3[nH]c4ccccc4c3CCN1[C@H]2CO. The maximum atomic E-state index is 12.8. The zero-order valence-electron chi connectivity index (χ0n) is 21.4. The predicted octanol–water partition coefficient (Wildman–Crippen LogP) is -0.706. The second-order valence-corrected chi connectivity index (χ2v) is 10.6. The fraction of sp³-hybridized carbons (Fsp3) is 0.593. The van der Waals surface area contributed by atoms with E-state index in [0.717, 1.165) is 23.0 Å². The van der Waals surface area contributed by atoms with Gasteiger partial charge in [0.05, 0.1) is 38.2 Å². The molecule has 0 spiro atoms. The van der Waals surface area contributed by atoms with Crippen molar-refractivity contribution in [3.05, 3.63) is 47.4 Å². The van der Waals surface area contributed by atoms with Crippen LogP contribution in [-0.2, 0) is 30.2 Å². The number of aromatic amines is 1. The van der Waals surface area contributed by atoms with E-state index < -0.39 is 67.4 Å². The second-order valence-electron chi connectivity index (χ2n) is 10.6. The van der Waals surface area contributed by atoms with Crippen molar-refractivity contribution in [2.45, 2.75) is 61.9 Å². The first-order valence-corrected chi connectivity index (χ1v) is 13.2. The number of carbonyl (C=O) groups is 1. The number of fused-ring (bicyclic) bond motifs is 6. The number of H-pyrrole nitrogens is 1. The smallest absolute Gasteiger partial charge is 0.337 e. The lowest BCUT2D eigenvalue weighted by Gasteiger charge is -2.54. The zero-order valence-corrected chi connectivity index (χ0v) is 21.4. The van der Waals surface area contributed by atoms with Crippen LogP contribution >= 0.6 is 0 Å². The molecule has 0 bridgehead atoms. The van der Waals surface area contributed by atoms with Gasteiger partial charge in [0.1, 0.15) is 24.4 Å². The van der Waals surface area contributed by atoms with Gasteiger partial charge in [0, 0.05) is 41.0 Å². The van der Waals surface area contributed by atoms with Gasteiger partial charge in [0.15, 0.2) is 6.29 Å². The van der Waals surface area contributed by atoms with Crippen molar-refractivity contribution in [1.29, 1.82) is 0 Å². The fourth-order valence-corrected chi connectivity index (χ4v) is 6.88. The third-order valence-corrected chi connectivity index (χ3v) is 8.78. The normalized spacial score (nSPS) is 38.3. The Hall–Kier alpha value is -2.55. The largest absolute Gasteiger partial charge is 0.471 e. The van der Waals surface area contributed by atoms with Crippen LogP contribution in [-0.4, -0.2) is 111 Å². The second kappa shape index (κ2) is 10.5. The number of benzene rings is 1. The van der Waals surface area contributed by atoms with Crippen molar-refractivity contribution in [2.75, 3.05) is 26.9 Å². The maximum Gasteiger partial charge on any atom is 0.337 e. The molecule has 6 rings (SSSR count). The molecule has 12 heteroatoms. The van der Waals surface area contributed by atoms with Crippen LogP contribution in [0.25, 0.3) is 10.9 Å². The minimum atomic E-state index is -1.62. The van der Waals surface area contributed by atoms with E-state index in [0.29, 0.717) is 18.5 Å². The van der Waals surface area contributed by atoms with E-state index in [1.54, 1.807) is 0 Å². The first-order chi connectivity index (χ1) is 18.9. The van der Waals surface area contributed by atoms with Gasteiger partial charge >= 0.3 is 5.97 Å². The summed E-state index contributed by atoms with van der Waals surface area (Å²) in [6.45, 7) is -0.187. The molecule has 12 nitrogen and oxygen atoms in total. The van der Waals surface area contributed by atoms with Gasteiger partial charge in [-0.25, -0.2) is 4.79 Å². The summed E-state index contributed by atoms with van der Waals surface area (Å²) >= 11 is 0. The summed E-state index contributed by atoms with van der Waals surface area (Å²) in [5, 5.41) is 52.4. The summed E-state index contributed by atoms with van der Waals surface area (Å²) in [7, 11) is 1.30. The highest BCUT2D eigenvalue weighted by atomic mass is 16.8. The van der Waals surface area contributed by atoms with Crippen LogP contribution in [0.3, 0.4) is 0 Å². The van der Waals surface area contributed by atoms with E-state index in [4.69, 9.17) is 18.9 Å². The van der Waals surface area contributed by atoms with Crippen LogP contribution in [0.2, 0.25) is 0 Å². The van der Waals surface area contributed by atoms with Crippen LogP contribution in [0.15, 0.2) is 36.1 Å². The summed E-state index contributed by atoms with van der Waals surface area (Å²) in [5.74, 6) is -1.55. The number of aliphatic hydroxyl groups excluding tert-OH is 5. The van der Waals surface area contributed by atoms with Crippen LogP contribution in [0.4, 0.5) is 0 Å². The molecule has 6 N–H and O–H groups in total. The molecule has 1 aromatic heterocycles. The number of carbonyl (C=O) groups excluding carboxylic acids is 1. The molecular formula is C27H34N2O10.